The van der Waals surface area contributed by atoms with Crippen LogP contribution in [-0.2, 0) is 9.53 Å². The fourth-order valence-electron chi connectivity index (χ4n) is 2.36. The van der Waals surface area contributed by atoms with Crippen LogP contribution in [0.2, 0.25) is 0 Å². The highest BCUT2D eigenvalue weighted by Crippen LogP contribution is 2.26. The monoisotopic (exact) mass is 323 g/mol. The van der Waals surface area contributed by atoms with Gasteiger partial charge in [0.25, 0.3) is 0 Å². The topological polar surface area (TPSA) is 57.1 Å². The van der Waals surface area contributed by atoms with Gasteiger partial charge in [0.15, 0.2) is 5.70 Å². The van der Waals surface area contributed by atoms with Gasteiger partial charge in [-0.2, -0.15) is 0 Å². The van der Waals surface area contributed by atoms with E-state index in [0.717, 1.165) is 11.1 Å². The molecule has 0 radical (unpaired) electrons. The summed E-state index contributed by atoms with van der Waals surface area (Å²) in [5, 5.41) is 0. The predicted octanol–water partition coefficient (Wildman–Crippen LogP) is 3.36. The highest BCUT2D eigenvalue weighted by molar-refractivity contribution is 6.13. The molecule has 0 atom stereocenters. The van der Waals surface area contributed by atoms with Crippen molar-refractivity contribution in [2.45, 2.75) is 6.92 Å². The van der Waals surface area contributed by atoms with Gasteiger partial charge in [-0.1, -0.05) is 24.3 Å². The molecular formula is C19H17NO4. The minimum atomic E-state index is -0.477. The number of hydrogen-bond acceptors (Lipinski definition) is 5. The van der Waals surface area contributed by atoms with Crippen LogP contribution in [-0.4, -0.2) is 26.1 Å². The minimum absolute atomic E-state index is 0.233. The van der Waals surface area contributed by atoms with Crippen molar-refractivity contribution in [1.82, 2.24) is 0 Å². The zero-order valence-corrected chi connectivity index (χ0v) is 13.7. The summed E-state index contributed by atoms with van der Waals surface area (Å²) >= 11 is 0. The van der Waals surface area contributed by atoms with E-state index < -0.39 is 5.97 Å². The molecule has 1 aliphatic rings. The van der Waals surface area contributed by atoms with Crippen LogP contribution in [0.25, 0.3) is 6.08 Å². The van der Waals surface area contributed by atoms with Gasteiger partial charge in [-0.05, 0) is 36.3 Å². The predicted molar refractivity (Wildman–Crippen MR) is 91.3 cm³/mol. The van der Waals surface area contributed by atoms with Gasteiger partial charge in [-0.25, -0.2) is 9.79 Å². The summed E-state index contributed by atoms with van der Waals surface area (Å²) in [6, 6.07) is 13.0. The molecule has 0 N–H and O–H groups in total. The fourth-order valence-corrected chi connectivity index (χ4v) is 2.36. The number of benzene rings is 2. The number of esters is 1. The lowest BCUT2D eigenvalue weighted by Crippen LogP contribution is -2.06. The standard InChI is InChI=1S/C19H17NO4/c1-12-6-4-5-7-13(12)10-17-19(21)24-18(20-17)14-8-15(22-2)11-16(9-14)23-3/h4-11H,1-3H3/b17-10-. The van der Waals surface area contributed by atoms with Crippen molar-refractivity contribution in [3.8, 4) is 11.5 Å². The van der Waals surface area contributed by atoms with Crippen molar-refractivity contribution in [2.24, 2.45) is 4.99 Å². The molecule has 5 nitrogen and oxygen atoms in total. The molecule has 0 spiro atoms. The number of aryl methyl sites for hydroxylation is 1. The fraction of sp³-hybridized carbons (Fsp3) is 0.158. The second-order valence-corrected chi connectivity index (χ2v) is 5.29. The zero-order valence-electron chi connectivity index (χ0n) is 13.7. The molecule has 1 aliphatic heterocycles. The van der Waals surface area contributed by atoms with E-state index in [1.54, 1.807) is 38.5 Å². The van der Waals surface area contributed by atoms with E-state index in [2.05, 4.69) is 4.99 Å². The number of cyclic esters (lactones) is 1. The van der Waals surface area contributed by atoms with Crippen molar-refractivity contribution in [3.63, 3.8) is 0 Å². The van der Waals surface area contributed by atoms with Gasteiger partial charge >= 0.3 is 5.97 Å². The molecule has 0 saturated heterocycles. The Bertz CT molecular complexity index is 830. The van der Waals surface area contributed by atoms with Crippen LogP contribution in [0.1, 0.15) is 16.7 Å². The molecule has 0 saturated carbocycles. The first kappa shape index (κ1) is 15.8. The average molecular weight is 323 g/mol. The first-order chi connectivity index (χ1) is 11.6. The van der Waals surface area contributed by atoms with Crippen molar-refractivity contribution in [3.05, 3.63) is 64.9 Å². The molecule has 0 amide bonds. The second kappa shape index (κ2) is 6.58. The molecule has 0 aromatic heterocycles. The van der Waals surface area contributed by atoms with E-state index in [1.807, 2.05) is 31.2 Å². The lowest BCUT2D eigenvalue weighted by Gasteiger charge is -2.07. The number of carbonyl (C=O) groups excluding carboxylic acids is 1. The van der Waals surface area contributed by atoms with Gasteiger partial charge in [-0.3, -0.25) is 0 Å². The van der Waals surface area contributed by atoms with Crippen LogP contribution in [0.3, 0.4) is 0 Å². The van der Waals surface area contributed by atoms with Gasteiger partial charge in [0.2, 0.25) is 5.90 Å². The highest BCUT2D eigenvalue weighted by Gasteiger charge is 2.25. The summed E-state index contributed by atoms with van der Waals surface area (Å²) in [6.07, 6.45) is 1.72. The maximum Gasteiger partial charge on any atom is 0.363 e. The summed E-state index contributed by atoms with van der Waals surface area (Å²) < 4.78 is 15.8. The molecule has 122 valence electrons. The summed E-state index contributed by atoms with van der Waals surface area (Å²) in [7, 11) is 3.12. The largest absolute Gasteiger partial charge is 0.497 e. The number of nitrogens with zero attached hydrogens (tertiary/aromatic N) is 1. The Labute approximate surface area is 140 Å². The molecule has 2 aromatic carbocycles. The Morgan fingerprint density at radius 1 is 1.04 bits per heavy atom. The third-order valence-corrected chi connectivity index (χ3v) is 3.70. The van der Waals surface area contributed by atoms with Crippen LogP contribution >= 0.6 is 0 Å². The van der Waals surface area contributed by atoms with E-state index in [0.29, 0.717) is 17.1 Å². The van der Waals surface area contributed by atoms with Crippen LogP contribution in [0.15, 0.2) is 53.2 Å². The van der Waals surface area contributed by atoms with Gasteiger partial charge in [0, 0.05) is 11.6 Å². The van der Waals surface area contributed by atoms with Crippen molar-refractivity contribution in [2.75, 3.05) is 14.2 Å². The normalized spacial score (nSPS) is 15.2. The average Bonchev–Trinajstić information content (AvgIpc) is 2.97. The molecule has 0 fully saturated rings. The van der Waals surface area contributed by atoms with Gasteiger partial charge in [-0.15, -0.1) is 0 Å². The molecule has 1 heterocycles. The lowest BCUT2D eigenvalue weighted by molar-refractivity contribution is -0.129. The third kappa shape index (κ3) is 3.15. The molecule has 24 heavy (non-hydrogen) atoms. The Balaban J connectivity index is 1.99. The first-order valence-electron chi connectivity index (χ1n) is 7.42. The molecule has 0 bridgehead atoms. The van der Waals surface area contributed by atoms with E-state index in [1.165, 1.54) is 0 Å². The molecular weight excluding hydrogens is 306 g/mol. The smallest absolute Gasteiger partial charge is 0.363 e. The Morgan fingerprint density at radius 3 is 2.33 bits per heavy atom. The third-order valence-electron chi connectivity index (χ3n) is 3.70. The van der Waals surface area contributed by atoms with E-state index in [-0.39, 0.29) is 11.6 Å². The molecule has 2 aromatic rings. The number of hydrogen-bond donors (Lipinski definition) is 0. The number of aliphatic imine (C=N–C) groups is 1. The highest BCUT2D eigenvalue weighted by atomic mass is 16.6. The van der Waals surface area contributed by atoms with Crippen molar-refractivity contribution < 1.29 is 19.0 Å². The van der Waals surface area contributed by atoms with Crippen LogP contribution in [0.4, 0.5) is 0 Å². The van der Waals surface area contributed by atoms with Gasteiger partial charge < -0.3 is 14.2 Å². The second-order valence-electron chi connectivity index (χ2n) is 5.29. The zero-order chi connectivity index (χ0) is 17.1. The van der Waals surface area contributed by atoms with Crippen LogP contribution in [0, 0.1) is 6.92 Å². The van der Waals surface area contributed by atoms with E-state index in [9.17, 15) is 4.79 Å². The van der Waals surface area contributed by atoms with E-state index in [4.69, 9.17) is 14.2 Å². The number of rotatable bonds is 4. The Kier molecular flexibility index (Phi) is 4.33. The molecule has 5 heteroatoms. The Hall–Kier alpha value is -3.08. The minimum Gasteiger partial charge on any atom is -0.497 e. The molecule has 3 rings (SSSR count). The molecule has 0 aliphatic carbocycles. The first-order valence-corrected chi connectivity index (χ1v) is 7.42. The number of methoxy groups -OCH3 is 2. The summed E-state index contributed by atoms with van der Waals surface area (Å²) in [5.41, 5.74) is 2.87. The van der Waals surface area contributed by atoms with Crippen LogP contribution in [0.5, 0.6) is 11.5 Å². The summed E-state index contributed by atoms with van der Waals surface area (Å²) in [4.78, 5) is 16.4. The van der Waals surface area contributed by atoms with Crippen LogP contribution < -0.4 is 9.47 Å². The van der Waals surface area contributed by atoms with E-state index >= 15 is 0 Å². The number of ether oxygens (including phenoxy) is 3. The summed E-state index contributed by atoms with van der Waals surface area (Å²) in [6.45, 7) is 1.98. The summed E-state index contributed by atoms with van der Waals surface area (Å²) in [5.74, 6) is 0.950. The number of carbonyl (C=O) groups is 1. The Morgan fingerprint density at radius 2 is 1.71 bits per heavy atom. The van der Waals surface area contributed by atoms with Gasteiger partial charge in [0.1, 0.15) is 11.5 Å². The van der Waals surface area contributed by atoms with Gasteiger partial charge in [0.05, 0.1) is 14.2 Å². The maximum absolute atomic E-state index is 12.1. The SMILES string of the molecule is COc1cc(OC)cc(C2=N/C(=C\c3ccccc3C)C(=O)O2)c1. The quantitative estimate of drug-likeness (QED) is 0.639. The maximum atomic E-state index is 12.1. The lowest BCUT2D eigenvalue weighted by atomic mass is 10.1. The van der Waals surface area contributed by atoms with Crippen molar-refractivity contribution in [1.29, 1.82) is 0 Å². The molecule has 0 unspecified atom stereocenters. The van der Waals surface area contributed by atoms with Crippen molar-refractivity contribution >= 4 is 17.9 Å².